The minimum absolute atomic E-state index is 0.0822. The summed E-state index contributed by atoms with van der Waals surface area (Å²) in [5.74, 6) is 3.79. The molecular weight excluding hydrogens is 354 g/mol. The Morgan fingerprint density at radius 2 is 1.76 bits per heavy atom. The third-order valence-corrected chi connectivity index (χ3v) is 8.55. The predicted octanol–water partition coefficient (Wildman–Crippen LogP) is 7.30. The molecule has 0 aromatic rings. The topological polar surface area (TPSA) is 20.3 Å². The molecule has 1 amide bonds. The normalized spacial score (nSPS) is 33.0. The predicted molar refractivity (Wildman–Crippen MR) is 124 cm³/mol. The van der Waals surface area contributed by atoms with Gasteiger partial charge in [-0.25, -0.2) is 0 Å². The number of nitrogens with zero attached hydrogens (tertiary/aromatic N) is 1. The summed E-state index contributed by atoms with van der Waals surface area (Å²) in [6, 6.07) is 0.430. The summed E-state index contributed by atoms with van der Waals surface area (Å²) in [5.41, 5.74) is 1.82. The van der Waals surface area contributed by atoms with Crippen molar-refractivity contribution in [3.8, 4) is 0 Å². The Morgan fingerprint density at radius 3 is 2.34 bits per heavy atom. The van der Waals surface area contributed by atoms with E-state index in [0.29, 0.717) is 6.04 Å². The van der Waals surface area contributed by atoms with E-state index in [1.807, 2.05) is 17.5 Å². The van der Waals surface area contributed by atoms with Gasteiger partial charge in [0.05, 0.1) is 0 Å². The number of carbonyl (C=O) groups is 1. The van der Waals surface area contributed by atoms with Gasteiger partial charge in [0.15, 0.2) is 0 Å². The van der Waals surface area contributed by atoms with Gasteiger partial charge in [-0.15, -0.1) is 0 Å². The first-order valence-corrected chi connectivity index (χ1v) is 12.7. The van der Waals surface area contributed by atoms with Crippen LogP contribution in [0.1, 0.15) is 103 Å². The van der Waals surface area contributed by atoms with Crippen molar-refractivity contribution in [1.82, 2.24) is 4.90 Å². The third kappa shape index (κ3) is 6.22. The van der Waals surface area contributed by atoms with Gasteiger partial charge in [0.2, 0.25) is 5.91 Å². The molecule has 2 heteroatoms. The summed E-state index contributed by atoms with van der Waals surface area (Å²) < 4.78 is 0. The first-order valence-electron chi connectivity index (χ1n) is 12.7. The second-order valence-electron chi connectivity index (χ2n) is 10.2. The maximum atomic E-state index is 11.9. The Kier molecular flexibility index (Phi) is 8.87. The minimum atomic E-state index is 0.0822. The quantitative estimate of drug-likeness (QED) is 0.238. The highest BCUT2D eigenvalue weighted by molar-refractivity contribution is 5.87. The van der Waals surface area contributed by atoms with Gasteiger partial charge in [-0.1, -0.05) is 50.8 Å². The van der Waals surface area contributed by atoms with Crippen molar-refractivity contribution in [3.05, 3.63) is 24.3 Å². The first-order chi connectivity index (χ1) is 14.1. The van der Waals surface area contributed by atoms with E-state index in [0.717, 1.165) is 23.7 Å². The lowest BCUT2D eigenvalue weighted by Crippen LogP contribution is -2.39. The maximum Gasteiger partial charge on any atom is 0.245 e. The fourth-order valence-electron chi connectivity index (χ4n) is 6.46. The van der Waals surface area contributed by atoms with Crippen molar-refractivity contribution in [3.63, 3.8) is 0 Å². The van der Waals surface area contributed by atoms with Crippen LogP contribution in [-0.2, 0) is 4.79 Å². The van der Waals surface area contributed by atoms with E-state index in [4.69, 9.17) is 0 Å². The van der Waals surface area contributed by atoms with Crippen LogP contribution in [-0.4, -0.2) is 23.9 Å². The van der Waals surface area contributed by atoms with Crippen LogP contribution in [0.15, 0.2) is 24.3 Å². The number of allylic oxidation sites excluding steroid dienone is 2. The molecule has 164 valence electrons. The fraction of sp³-hybridized carbons (Fsp3) is 0.815. The molecule has 3 rings (SSSR count). The molecule has 0 saturated heterocycles. The van der Waals surface area contributed by atoms with Crippen LogP contribution >= 0.6 is 0 Å². The molecule has 1 atom stereocenters. The molecule has 0 radical (unpaired) electrons. The monoisotopic (exact) mass is 399 g/mol. The first kappa shape index (κ1) is 22.6. The molecule has 2 fully saturated rings. The van der Waals surface area contributed by atoms with Crippen LogP contribution in [0.5, 0.6) is 0 Å². The molecule has 0 aliphatic heterocycles. The van der Waals surface area contributed by atoms with Gasteiger partial charge in [-0.2, -0.15) is 0 Å². The van der Waals surface area contributed by atoms with E-state index >= 15 is 0 Å². The summed E-state index contributed by atoms with van der Waals surface area (Å²) in [5, 5.41) is 0. The average molecular weight is 400 g/mol. The molecule has 0 spiro atoms. The van der Waals surface area contributed by atoms with Crippen molar-refractivity contribution < 1.29 is 4.79 Å². The molecule has 0 aromatic carbocycles. The van der Waals surface area contributed by atoms with Crippen LogP contribution in [0, 0.1) is 23.7 Å². The van der Waals surface area contributed by atoms with Gasteiger partial charge in [0.1, 0.15) is 0 Å². The smallest absolute Gasteiger partial charge is 0.245 e. The third-order valence-electron chi connectivity index (χ3n) is 8.55. The lowest BCUT2D eigenvalue weighted by atomic mass is 9.69. The summed E-state index contributed by atoms with van der Waals surface area (Å²) in [6.45, 7) is 5.95. The summed E-state index contributed by atoms with van der Waals surface area (Å²) in [4.78, 5) is 13.8. The van der Waals surface area contributed by atoms with Crippen molar-refractivity contribution in [2.24, 2.45) is 23.7 Å². The summed E-state index contributed by atoms with van der Waals surface area (Å²) in [6.07, 6.45) is 24.8. The standard InChI is InChI=1S/C27H45NO/c1-4-6-7-8-21-9-11-22(12-10-21)23-13-15-24(16-14-23)25-17-19-26(20-18-25)28(3)27(29)5-2/h5,13,21-22,24-26H,2,4,6-12,14-20H2,1,3H3. The number of likely N-dealkylation sites (N-methyl/N-ethyl adjacent to an activating group) is 1. The van der Waals surface area contributed by atoms with E-state index in [-0.39, 0.29) is 5.91 Å². The van der Waals surface area contributed by atoms with Crippen molar-refractivity contribution in [2.75, 3.05) is 7.05 Å². The Balaban J connectivity index is 1.39. The van der Waals surface area contributed by atoms with Crippen molar-refractivity contribution in [1.29, 1.82) is 0 Å². The number of hydrogen-bond donors (Lipinski definition) is 0. The number of rotatable bonds is 8. The van der Waals surface area contributed by atoms with Gasteiger partial charge in [-0.05, 0) is 100 Å². The summed E-state index contributed by atoms with van der Waals surface area (Å²) in [7, 11) is 1.95. The Hall–Kier alpha value is -1.05. The zero-order chi connectivity index (χ0) is 20.6. The number of carbonyl (C=O) groups excluding carboxylic acids is 1. The maximum absolute atomic E-state index is 11.9. The van der Waals surface area contributed by atoms with E-state index in [1.165, 1.54) is 102 Å². The van der Waals surface area contributed by atoms with E-state index in [2.05, 4.69) is 19.6 Å². The van der Waals surface area contributed by atoms with E-state index < -0.39 is 0 Å². The minimum Gasteiger partial charge on any atom is -0.339 e. The Labute approximate surface area is 180 Å². The lowest BCUT2D eigenvalue weighted by molar-refractivity contribution is -0.127. The van der Waals surface area contributed by atoms with E-state index in [9.17, 15) is 4.79 Å². The summed E-state index contributed by atoms with van der Waals surface area (Å²) >= 11 is 0. The molecule has 0 N–H and O–H groups in total. The average Bonchev–Trinajstić information content (AvgIpc) is 2.79. The fourth-order valence-corrected chi connectivity index (χ4v) is 6.46. The second-order valence-corrected chi connectivity index (χ2v) is 10.2. The molecule has 0 bridgehead atoms. The van der Waals surface area contributed by atoms with Crippen LogP contribution in [0.2, 0.25) is 0 Å². The SMILES string of the molecule is C=CC(=O)N(C)C1CCC(C2CC=C(C3CCC(CCCCC)CC3)CC2)CC1. The van der Waals surface area contributed by atoms with Crippen LogP contribution in [0.3, 0.4) is 0 Å². The molecule has 0 heterocycles. The van der Waals surface area contributed by atoms with Crippen LogP contribution in [0.4, 0.5) is 0 Å². The second kappa shape index (κ2) is 11.4. The molecular formula is C27H45NO. The molecule has 3 aliphatic rings. The van der Waals surface area contributed by atoms with Crippen LogP contribution < -0.4 is 0 Å². The largest absolute Gasteiger partial charge is 0.339 e. The zero-order valence-electron chi connectivity index (χ0n) is 19.2. The highest BCUT2D eigenvalue weighted by Crippen LogP contribution is 2.43. The molecule has 2 saturated carbocycles. The molecule has 0 aromatic heterocycles. The highest BCUT2D eigenvalue weighted by Gasteiger charge is 2.32. The zero-order valence-corrected chi connectivity index (χ0v) is 19.2. The van der Waals surface area contributed by atoms with Gasteiger partial charge < -0.3 is 4.90 Å². The van der Waals surface area contributed by atoms with Crippen molar-refractivity contribution in [2.45, 2.75) is 109 Å². The molecule has 29 heavy (non-hydrogen) atoms. The molecule has 2 nitrogen and oxygen atoms in total. The van der Waals surface area contributed by atoms with Crippen molar-refractivity contribution >= 4 is 5.91 Å². The number of unbranched alkanes of at least 4 members (excludes halogenated alkanes) is 2. The number of hydrogen-bond acceptors (Lipinski definition) is 1. The molecule has 1 unspecified atom stereocenters. The van der Waals surface area contributed by atoms with Gasteiger partial charge in [0, 0.05) is 13.1 Å². The Bertz CT molecular complexity index is 549. The van der Waals surface area contributed by atoms with Gasteiger partial charge in [0.25, 0.3) is 0 Å². The lowest BCUT2D eigenvalue weighted by Gasteiger charge is -2.39. The Morgan fingerprint density at radius 1 is 1.03 bits per heavy atom. The molecule has 3 aliphatic carbocycles. The highest BCUT2D eigenvalue weighted by atomic mass is 16.2. The number of amides is 1. The van der Waals surface area contributed by atoms with Gasteiger partial charge in [-0.3, -0.25) is 4.79 Å². The van der Waals surface area contributed by atoms with Crippen LogP contribution in [0.25, 0.3) is 0 Å². The van der Waals surface area contributed by atoms with E-state index in [1.54, 1.807) is 0 Å². The van der Waals surface area contributed by atoms with Gasteiger partial charge >= 0.3 is 0 Å².